The van der Waals surface area contributed by atoms with Gasteiger partial charge in [-0.25, -0.2) is 0 Å². The maximum absolute atomic E-state index is 12.2. The topological polar surface area (TPSA) is 63.4 Å². The molecule has 2 aromatic rings. The molecule has 0 aliphatic carbocycles. The van der Waals surface area contributed by atoms with Gasteiger partial charge in [-0.3, -0.25) is 4.79 Å². The van der Waals surface area contributed by atoms with E-state index in [9.17, 15) is 4.79 Å². The zero-order valence-corrected chi connectivity index (χ0v) is 11.4. The van der Waals surface area contributed by atoms with E-state index in [1.54, 1.807) is 13.3 Å². The summed E-state index contributed by atoms with van der Waals surface area (Å²) < 4.78 is 10.7. The summed E-state index contributed by atoms with van der Waals surface area (Å²) in [5.41, 5.74) is 1.55. The molecule has 5 heteroatoms. The van der Waals surface area contributed by atoms with Crippen molar-refractivity contribution in [3.63, 3.8) is 0 Å². The van der Waals surface area contributed by atoms with Crippen molar-refractivity contribution in [1.29, 1.82) is 0 Å². The van der Waals surface area contributed by atoms with E-state index in [1.165, 1.54) is 0 Å². The van der Waals surface area contributed by atoms with Crippen LogP contribution >= 0.6 is 0 Å². The van der Waals surface area contributed by atoms with Crippen LogP contribution < -0.4 is 10.1 Å². The minimum absolute atomic E-state index is 0.0723. The number of aromatic nitrogens is 1. The van der Waals surface area contributed by atoms with Crippen molar-refractivity contribution >= 4 is 16.8 Å². The van der Waals surface area contributed by atoms with Crippen molar-refractivity contribution in [3.05, 3.63) is 30.0 Å². The first kappa shape index (κ1) is 13.0. The summed E-state index contributed by atoms with van der Waals surface area (Å²) in [5.74, 6) is 0.697. The first-order valence-electron chi connectivity index (χ1n) is 6.83. The molecule has 5 nitrogen and oxygen atoms in total. The summed E-state index contributed by atoms with van der Waals surface area (Å²) in [6.45, 7) is 1.37. The summed E-state index contributed by atoms with van der Waals surface area (Å²) in [6.07, 6.45) is 3.98. The van der Waals surface area contributed by atoms with Crippen molar-refractivity contribution in [1.82, 2.24) is 10.3 Å². The number of ether oxygens (including phenoxy) is 2. The molecule has 1 aliphatic rings. The van der Waals surface area contributed by atoms with Gasteiger partial charge in [-0.2, -0.15) is 0 Å². The van der Waals surface area contributed by atoms with E-state index in [2.05, 4.69) is 10.3 Å². The van der Waals surface area contributed by atoms with Gasteiger partial charge in [0.25, 0.3) is 5.91 Å². The van der Waals surface area contributed by atoms with Gasteiger partial charge in [0.15, 0.2) is 0 Å². The maximum atomic E-state index is 12.2. The van der Waals surface area contributed by atoms with Crippen LogP contribution in [0.15, 0.2) is 24.4 Å². The summed E-state index contributed by atoms with van der Waals surface area (Å²) in [7, 11) is 1.62. The van der Waals surface area contributed by atoms with Crippen LogP contribution in [-0.2, 0) is 4.74 Å². The number of nitrogens with one attached hydrogen (secondary N) is 2. The number of carbonyl (C=O) groups is 1. The van der Waals surface area contributed by atoms with Crippen LogP contribution in [0, 0.1) is 0 Å². The molecule has 1 aromatic carbocycles. The highest BCUT2D eigenvalue weighted by atomic mass is 16.5. The third-order valence-electron chi connectivity index (χ3n) is 3.65. The van der Waals surface area contributed by atoms with E-state index in [0.717, 1.165) is 36.1 Å². The number of hydrogen-bond donors (Lipinski definition) is 2. The van der Waals surface area contributed by atoms with Gasteiger partial charge < -0.3 is 19.8 Å². The van der Waals surface area contributed by atoms with Crippen molar-refractivity contribution in [2.45, 2.75) is 18.9 Å². The van der Waals surface area contributed by atoms with Gasteiger partial charge in [0.1, 0.15) is 5.75 Å². The highest BCUT2D eigenvalue weighted by Gasteiger charge is 2.18. The van der Waals surface area contributed by atoms with Gasteiger partial charge in [-0.05, 0) is 25.0 Å². The Balaban J connectivity index is 1.73. The Labute approximate surface area is 117 Å². The van der Waals surface area contributed by atoms with Crippen LogP contribution in [0.5, 0.6) is 5.75 Å². The van der Waals surface area contributed by atoms with Crippen LogP contribution in [0.1, 0.15) is 23.2 Å². The Morgan fingerprint density at radius 3 is 3.20 bits per heavy atom. The molecule has 1 aromatic heterocycles. The van der Waals surface area contributed by atoms with Crippen LogP contribution in [0.25, 0.3) is 10.9 Å². The van der Waals surface area contributed by atoms with Crippen LogP contribution in [0.3, 0.4) is 0 Å². The zero-order valence-electron chi connectivity index (χ0n) is 11.4. The lowest BCUT2D eigenvalue weighted by Gasteiger charge is -2.10. The number of rotatable bonds is 4. The molecule has 0 saturated carbocycles. The molecule has 1 aliphatic heterocycles. The molecule has 1 atom stereocenters. The predicted molar refractivity (Wildman–Crippen MR) is 76.2 cm³/mol. The molecule has 0 radical (unpaired) electrons. The normalized spacial score (nSPS) is 18.4. The molecule has 0 bridgehead atoms. The quantitative estimate of drug-likeness (QED) is 0.897. The van der Waals surface area contributed by atoms with Crippen LogP contribution in [0.2, 0.25) is 0 Å². The lowest BCUT2D eigenvalue weighted by atomic mass is 10.1. The molecule has 20 heavy (non-hydrogen) atoms. The van der Waals surface area contributed by atoms with E-state index in [0.29, 0.717) is 12.1 Å². The maximum Gasteiger partial charge on any atom is 0.253 e. The molecule has 106 valence electrons. The number of hydrogen-bond acceptors (Lipinski definition) is 3. The zero-order chi connectivity index (χ0) is 13.9. The van der Waals surface area contributed by atoms with E-state index in [-0.39, 0.29) is 12.0 Å². The van der Waals surface area contributed by atoms with Gasteiger partial charge in [0.05, 0.1) is 18.8 Å². The van der Waals surface area contributed by atoms with E-state index in [1.807, 2.05) is 18.2 Å². The van der Waals surface area contributed by atoms with Gasteiger partial charge in [0, 0.05) is 36.3 Å². The lowest BCUT2D eigenvalue weighted by molar-refractivity contribution is 0.0859. The molecule has 1 fully saturated rings. The number of amides is 1. The predicted octanol–water partition coefficient (Wildman–Crippen LogP) is 2.09. The first-order valence-corrected chi connectivity index (χ1v) is 6.83. The largest absolute Gasteiger partial charge is 0.497 e. The highest BCUT2D eigenvalue weighted by Crippen LogP contribution is 2.23. The number of H-pyrrole nitrogens is 1. The van der Waals surface area contributed by atoms with Gasteiger partial charge in [-0.1, -0.05) is 0 Å². The van der Waals surface area contributed by atoms with Crippen LogP contribution in [-0.4, -0.2) is 37.3 Å². The van der Waals surface area contributed by atoms with Crippen molar-refractivity contribution in [2.24, 2.45) is 0 Å². The minimum atomic E-state index is -0.0723. The Morgan fingerprint density at radius 2 is 2.45 bits per heavy atom. The molecule has 3 rings (SSSR count). The lowest BCUT2D eigenvalue weighted by Crippen LogP contribution is -2.31. The van der Waals surface area contributed by atoms with Crippen LogP contribution in [0.4, 0.5) is 0 Å². The monoisotopic (exact) mass is 274 g/mol. The molecular weight excluding hydrogens is 256 g/mol. The average Bonchev–Trinajstić information content (AvgIpc) is 3.13. The Bertz CT molecular complexity index is 615. The third kappa shape index (κ3) is 2.49. The second-order valence-corrected chi connectivity index (χ2v) is 4.96. The summed E-state index contributed by atoms with van der Waals surface area (Å²) in [4.78, 5) is 15.3. The number of benzene rings is 1. The molecular formula is C15H18N2O3. The van der Waals surface area contributed by atoms with Crippen molar-refractivity contribution < 1.29 is 14.3 Å². The van der Waals surface area contributed by atoms with Gasteiger partial charge >= 0.3 is 0 Å². The Kier molecular flexibility index (Phi) is 3.60. The van der Waals surface area contributed by atoms with Gasteiger partial charge in [0.2, 0.25) is 0 Å². The SMILES string of the molecule is COc1ccc2c(C(=O)NCC3CCCO3)c[nH]c2c1. The second kappa shape index (κ2) is 5.54. The molecule has 1 saturated heterocycles. The van der Waals surface area contributed by atoms with E-state index < -0.39 is 0 Å². The Morgan fingerprint density at radius 1 is 1.55 bits per heavy atom. The number of aromatic amines is 1. The molecule has 2 heterocycles. The summed E-state index contributed by atoms with van der Waals surface area (Å²) in [6, 6.07) is 5.63. The third-order valence-corrected chi connectivity index (χ3v) is 3.65. The summed E-state index contributed by atoms with van der Waals surface area (Å²) >= 11 is 0. The van der Waals surface area contributed by atoms with E-state index in [4.69, 9.17) is 9.47 Å². The molecule has 0 spiro atoms. The molecule has 1 unspecified atom stereocenters. The smallest absolute Gasteiger partial charge is 0.253 e. The standard InChI is InChI=1S/C15H18N2O3/c1-19-10-4-5-12-13(9-16-14(12)7-10)15(18)17-8-11-3-2-6-20-11/h4-5,7,9,11,16H,2-3,6,8H2,1H3,(H,17,18). The molecule has 2 N–H and O–H groups in total. The minimum Gasteiger partial charge on any atom is -0.497 e. The van der Waals surface area contributed by atoms with E-state index >= 15 is 0 Å². The highest BCUT2D eigenvalue weighted by molar-refractivity contribution is 6.06. The Hall–Kier alpha value is -2.01. The summed E-state index contributed by atoms with van der Waals surface area (Å²) in [5, 5.41) is 3.83. The number of carbonyl (C=O) groups excluding carboxylic acids is 1. The average molecular weight is 274 g/mol. The van der Waals surface area contributed by atoms with Gasteiger partial charge in [-0.15, -0.1) is 0 Å². The van der Waals surface area contributed by atoms with Crippen molar-refractivity contribution in [3.8, 4) is 5.75 Å². The fourth-order valence-corrected chi connectivity index (χ4v) is 2.53. The second-order valence-electron chi connectivity index (χ2n) is 4.96. The first-order chi connectivity index (χ1) is 9.78. The fraction of sp³-hybridized carbons (Fsp3) is 0.400. The van der Waals surface area contributed by atoms with Crippen molar-refractivity contribution in [2.75, 3.05) is 20.3 Å². The number of methoxy groups -OCH3 is 1. The number of fused-ring (bicyclic) bond motifs is 1. The fourth-order valence-electron chi connectivity index (χ4n) is 2.53. The molecule has 1 amide bonds.